The monoisotopic (exact) mass is 259 g/mol. The number of carbonyl (C=O) groups is 1. The van der Waals surface area contributed by atoms with E-state index >= 15 is 0 Å². The molecular formula is C15H21N3O. The number of carbonyl (C=O) groups excluding carboxylic acids is 1. The van der Waals surface area contributed by atoms with Crippen LogP contribution in [0.5, 0.6) is 0 Å². The summed E-state index contributed by atoms with van der Waals surface area (Å²) in [6.07, 6.45) is 2.53. The van der Waals surface area contributed by atoms with Gasteiger partial charge in [-0.1, -0.05) is 12.1 Å². The van der Waals surface area contributed by atoms with Crippen LogP contribution >= 0.6 is 0 Å². The number of rotatable bonds is 3. The van der Waals surface area contributed by atoms with Gasteiger partial charge in [-0.05, 0) is 49.5 Å². The molecule has 2 aliphatic rings. The lowest BCUT2D eigenvalue weighted by Gasteiger charge is -2.34. The van der Waals surface area contributed by atoms with Crippen molar-refractivity contribution in [3.63, 3.8) is 0 Å². The number of benzene rings is 1. The van der Waals surface area contributed by atoms with Crippen LogP contribution in [0.25, 0.3) is 0 Å². The van der Waals surface area contributed by atoms with Gasteiger partial charge >= 0.3 is 0 Å². The molecule has 0 spiro atoms. The van der Waals surface area contributed by atoms with E-state index in [9.17, 15) is 4.79 Å². The Morgan fingerprint density at radius 3 is 3.16 bits per heavy atom. The smallest absolute Gasteiger partial charge is 0.248 e. The first-order valence-corrected chi connectivity index (χ1v) is 7.07. The van der Waals surface area contributed by atoms with Gasteiger partial charge in [0.2, 0.25) is 5.91 Å². The van der Waals surface area contributed by atoms with E-state index in [0.29, 0.717) is 5.56 Å². The molecule has 2 atom stereocenters. The second-order valence-corrected chi connectivity index (χ2v) is 5.70. The summed E-state index contributed by atoms with van der Waals surface area (Å²) < 4.78 is 0. The van der Waals surface area contributed by atoms with Gasteiger partial charge in [0.05, 0.1) is 0 Å². The fraction of sp³-hybridized carbons (Fsp3) is 0.533. The van der Waals surface area contributed by atoms with Crippen molar-refractivity contribution in [3.05, 3.63) is 35.4 Å². The van der Waals surface area contributed by atoms with Crippen LogP contribution in [0.4, 0.5) is 0 Å². The number of hydrogen-bond donors (Lipinski definition) is 2. The molecule has 3 N–H and O–H groups in total. The molecule has 2 heterocycles. The maximum absolute atomic E-state index is 11.2. The second-order valence-electron chi connectivity index (χ2n) is 5.70. The van der Waals surface area contributed by atoms with Crippen LogP contribution in [0.1, 0.15) is 28.8 Å². The Morgan fingerprint density at radius 1 is 1.42 bits per heavy atom. The number of piperidine rings is 1. The number of likely N-dealkylation sites (tertiary alicyclic amines) is 1. The number of primary amides is 1. The third kappa shape index (κ3) is 2.80. The van der Waals surface area contributed by atoms with Gasteiger partial charge in [-0.2, -0.15) is 0 Å². The highest BCUT2D eigenvalue weighted by molar-refractivity contribution is 5.92. The molecule has 2 aliphatic heterocycles. The number of nitrogens with two attached hydrogens (primary N) is 1. The first kappa shape index (κ1) is 12.6. The minimum Gasteiger partial charge on any atom is -0.366 e. The molecule has 4 heteroatoms. The van der Waals surface area contributed by atoms with Crippen molar-refractivity contribution < 1.29 is 4.79 Å². The first-order chi connectivity index (χ1) is 9.22. The molecule has 0 aliphatic carbocycles. The zero-order chi connectivity index (χ0) is 13.2. The molecule has 2 unspecified atom stereocenters. The van der Waals surface area contributed by atoms with Gasteiger partial charge in [0.15, 0.2) is 0 Å². The van der Waals surface area contributed by atoms with Crippen LogP contribution in [0.3, 0.4) is 0 Å². The molecule has 1 amide bonds. The average Bonchev–Trinajstić information content (AvgIpc) is 2.86. The lowest BCUT2D eigenvalue weighted by Crippen LogP contribution is -2.43. The van der Waals surface area contributed by atoms with Crippen molar-refractivity contribution in [1.29, 1.82) is 0 Å². The normalized spacial score (nSPS) is 27.2. The number of fused-ring (bicyclic) bond motifs is 1. The molecule has 19 heavy (non-hydrogen) atoms. The molecule has 1 aromatic rings. The fourth-order valence-electron chi connectivity index (χ4n) is 3.35. The highest BCUT2D eigenvalue weighted by atomic mass is 16.1. The quantitative estimate of drug-likeness (QED) is 0.850. The summed E-state index contributed by atoms with van der Waals surface area (Å²) in [6.45, 7) is 4.39. The number of nitrogens with one attached hydrogen (secondary N) is 1. The Balaban J connectivity index is 1.65. The van der Waals surface area contributed by atoms with E-state index in [1.54, 1.807) is 6.07 Å². The standard InChI is InChI=1S/C15H21N3O/c16-15(19)12-3-1-2-11(8-12)9-18-7-5-14-13(10-18)4-6-17-14/h1-3,8,13-14,17H,4-7,9-10H2,(H2,16,19). The van der Waals surface area contributed by atoms with E-state index in [-0.39, 0.29) is 5.91 Å². The lowest BCUT2D eigenvalue weighted by atomic mass is 9.93. The SMILES string of the molecule is NC(=O)c1cccc(CN2CCC3NCCC3C2)c1. The van der Waals surface area contributed by atoms with Crippen molar-refractivity contribution in [3.8, 4) is 0 Å². The number of hydrogen-bond acceptors (Lipinski definition) is 3. The molecule has 1 aromatic carbocycles. The number of amides is 1. The Bertz CT molecular complexity index is 474. The minimum absolute atomic E-state index is 0.347. The van der Waals surface area contributed by atoms with Gasteiger partial charge < -0.3 is 11.1 Å². The lowest BCUT2D eigenvalue weighted by molar-refractivity contribution is 0.1000. The third-order valence-corrected chi connectivity index (χ3v) is 4.36. The minimum atomic E-state index is -0.347. The second kappa shape index (κ2) is 5.31. The van der Waals surface area contributed by atoms with E-state index in [2.05, 4.69) is 16.3 Å². The van der Waals surface area contributed by atoms with Gasteiger partial charge in [0.25, 0.3) is 0 Å². The average molecular weight is 259 g/mol. The van der Waals surface area contributed by atoms with E-state index in [1.807, 2.05) is 12.1 Å². The Morgan fingerprint density at radius 2 is 2.32 bits per heavy atom. The Kier molecular flexibility index (Phi) is 3.53. The van der Waals surface area contributed by atoms with Crippen LogP contribution in [-0.2, 0) is 6.54 Å². The maximum Gasteiger partial charge on any atom is 0.248 e. The van der Waals surface area contributed by atoms with E-state index < -0.39 is 0 Å². The van der Waals surface area contributed by atoms with Gasteiger partial charge in [-0.15, -0.1) is 0 Å². The van der Waals surface area contributed by atoms with Crippen molar-refractivity contribution in [2.75, 3.05) is 19.6 Å². The van der Waals surface area contributed by atoms with Crippen molar-refractivity contribution in [2.24, 2.45) is 11.7 Å². The Hall–Kier alpha value is -1.39. The summed E-state index contributed by atoms with van der Waals surface area (Å²) in [5.41, 5.74) is 7.11. The Labute approximate surface area is 114 Å². The highest BCUT2D eigenvalue weighted by Gasteiger charge is 2.32. The van der Waals surface area contributed by atoms with Gasteiger partial charge in [-0.25, -0.2) is 0 Å². The van der Waals surface area contributed by atoms with Crippen molar-refractivity contribution >= 4 is 5.91 Å². The molecular weight excluding hydrogens is 238 g/mol. The molecule has 2 saturated heterocycles. The molecule has 3 rings (SSSR count). The molecule has 102 valence electrons. The predicted octanol–water partition coefficient (Wildman–Crippen LogP) is 0.969. The van der Waals surface area contributed by atoms with Crippen LogP contribution in [0.15, 0.2) is 24.3 Å². The zero-order valence-electron chi connectivity index (χ0n) is 11.1. The molecule has 0 saturated carbocycles. The van der Waals surface area contributed by atoms with E-state index in [4.69, 9.17) is 5.73 Å². The summed E-state index contributed by atoms with van der Waals surface area (Å²) >= 11 is 0. The maximum atomic E-state index is 11.2. The summed E-state index contributed by atoms with van der Waals surface area (Å²) in [7, 11) is 0. The topological polar surface area (TPSA) is 58.4 Å². The van der Waals surface area contributed by atoms with Gasteiger partial charge in [0, 0.05) is 24.7 Å². The molecule has 0 aromatic heterocycles. The van der Waals surface area contributed by atoms with Crippen LogP contribution in [-0.4, -0.2) is 36.5 Å². The summed E-state index contributed by atoms with van der Waals surface area (Å²) in [6, 6.07) is 8.42. The van der Waals surface area contributed by atoms with Gasteiger partial charge in [0.1, 0.15) is 0 Å². The molecule has 0 radical (unpaired) electrons. The summed E-state index contributed by atoms with van der Waals surface area (Å²) in [4.78, 5) is 13.7. The van der Waals surface area contributed by atoms with Gasteiger partial charge in [-0.3, -0.25) is 9.69 Å². The van der Waals surface area contributed by atoms with Crippen LogP contribution in [0.2, 0.25) is 0 Å². The molecule has 0 bridgehead atoms. The first-order valence-electron chi connectivity index (χ1n) is 7.07. The fourth-order valence-corrected chi connectivity index (χ4v) is 3.35. The number of nitrogens with zero attached hydrogens (tertiary/aromatic N) is 1. The highest BCUT2D eigenvalue weighted by Crippen LogP contribution is 2.25. The van der Waals surface area contributed by atoms with E-state index in [1.165, 1.54) is 31.5 Å². The van der Waals surface area contributed by atoms with Crippen molar-refractivity contribution in [1.82, 2.24) is 10.2 Å². The van der Waals surface area contributed by atoms with Crippen LogP contribution in [0, 0.1) is 5.92 Å². The zero-order valence-corrected chi connectivity index (χ0v) is 11.1. The predicted molar refractivity (Wildman–Crippen MR) is 74.8 cm³/mol. The molecule has 2 fully saturated rings. The summed E-state index contributed by atoms with van der Waals surface area (Å²) in [5.74, 6) is 0.452. The summed E-state index contributed by atoms with van der Waals surface area (Å²) in [5, 5.41) is 3.58. The third-order valence-electron chi connectivity index (χ3n) is 4.36. The largest absolute Gasteiger partial charge is 0.366 e. The van der Waals surface area contributed by atoms with Crippen molar-refractivity contribution in [2.45, 2.75) is 25.4 Å². The van der Waals surface area contributed by atoms with Crippen LogP contribution < -0.4 is 11.1 Å². The van der Waals surface area contributed by atoms with E-state index in [0.717, 1.165) is 25.0 Å². The molecule has 4 nitrogen and oxygen atoms in total.